The third-order valence-corrected chi connectivity index (χ3v) is 5.29. The molecule has 3 rings (SSSR count). The van der Waals surface area contributed by atoms with Crippen molar-refractivity contribution in [1.29, 1.82) is 0 Å². The number of rotatable bonds is 10. The topological polar surface area (TPSA) is 116 Å². The van der Waals surface area contributed by atoms with Crippen molar-refractivity contribution in [2.75, 3.05) is 13.1 Å². The number of aromatic carboxylic acids is 1. The van der Waals surface area contributed by atoms with Gasteiger partial charge in [-0.25, -0.2) is 14.1 Å². The second-order valence-electron chi connectivity index (χ2n) is 7.67. The molecule has 0 aromatic heterocycles. The first kappa shape index (κ1) is 22.2. The number of carboxylic acid groups (broad SMARTS) is 2. The Morgan fingerprint density at radius 2 is 1.81 bits per heavy atom. The number of carboxylic acids is 2. The number of hydrogen-bond donors (Lipinski definition) is 3. The van der Waals surface area contributed by atoms with Gasteiger partial charge >= 0.3 is 11.9 Å². The van der Waals surface area contributed by atoms with Gasteiger partial charge in [0.25, 0.3) is 5.91 Å². The van der Waals surface area contributed by atoms with E-state index in [4.69, 9.17) is 0 Å². The van der Waals surface area contributed by atoms with Crippen LogP contribution in [0.3, 0.4) is 0 Å². The first-order valence-electron chi connectivity index (χ1n) is 10.3. The summed E-state index contributed by atoms with van der Waals surface area (Å²) in [5.41, 5.74) is -0.0579. The molecule has 8 nitrogen and oxygen atoms in total. The Morgan fingerprint density at radius 1 is 1.03 bits per heavy atom. The molecule has 1 amide bonds. The van der Waals surface area contributed by atoms with Crippen molar-refractivity contribution in [1.82, 2.24) is 5.32 Å². The van der Waals surface area contributed by atoms with E-state index >= 15 is 0 Å². The van der Waals surface area contributed by atoms with Crippen LogP contribution in [0.1, 0.15) is 53.3 Å². The van der Waals surface area contributed by atoms with E-state index in [0.717, 1.165) is 31.1 Å². The fraction of sp³-hybridized carbons (Fsp3) is 0.304. The Hall–Kier alpha value is -3.52. The van der Waals surface area contributed by atoms with Gasteiger partial charge in [-0.3, -0.25) is 4.79 Å². The first-order chi connectivity index (χ1) is 14.8. The smallest absolute Gasteiger partial charge is 0.360 e. The van der Waals surface area contributed by atoms with Crippen molar-refractivity contribution >= 4 is 35.0 Å². The highest BCUT2D eigenvalue weighted by atomic mass is 16.4. The van der Waals surface area contributed by atoms with E-state index in [9.17, 15) is 24.6 Å². The van der Waals surface area contributed by atoms with Gasteiger partial charge in [0, 0.05) is 0 Å². The first-order valence-corrected chi connectivity index (χ1v) is 10.3. The molecule has 1 heterocycles. The number of nitrogens with one attached hydrogen (secondary N) is 1. The molecule has 2 aromatic rings. The molecule has 1 atom stereocenters. The van der Waals surface area contributed by atoms with Crippen LogP contribution >= 0.6 is 0 Å². The summed E-state index contributed by atoms with van der Waals surface area (Å²) >= 11 is 0. The van der Waals surface area contributed by atoms with Crippen molar-refractivity contribution in [2.24, 2.45) is 4.99 Å². The van der Waals surface area contributed by atoms with Crippen LogP contribution in [0.25, 0.3) is 10.8 Å². The predicted octanol–water partition coefficient (Wildman–Crippen LogP) is 3.59. The maximum absolute atomic E-state index is 13.1. The molecular formula is C23H26N3O5+. The van der Waals surface area contributed by atoms with Gasteiger partial charge in [0.1, 0.15) is 6.20 Å². The maximum atomic E-state index is 13.1. The van der Waals surface area contributed by atoms with Crippen LogP contribution in [-0.4, -0.2) is 52.0 Å². The van der Waals surface area contributed by atoms with Gasteiger partial charge in [-0.2, -0.15) is 4.99 Å². The number of nitrogens with zero attached hydrogens (tertiary/aromatic N) is 2. The Labute approximate surface area is 180 Å². The standard InChI is InChI=1S/C23H25N3O5/c1-2-3-4-7-12-26(14-20(27)28)13-19(24-15-26)25-22(29)21-17-9-6-5-8-16(17)10-11-18(21)23(30)31/h5-6,8-11,13,15H,2-4,7,12,14H2,1H3,(H2-,25,27,28,29,30,31)/p+1. The SMILES string of the molecule is CCCCCC[N+]1(CC(=O)O)C=NC(NC(=O)c2c(C(=O)O)ccc3ccccc23)=C1. The molecule has 0 radical (unpaired) electrons. The molecule has 1 unspecified atom stereocenters. The molecule has 8 heteroatoms. The van der Waals surface area contributed by atoms with Crippen LogP contribution in [0.15, 0.2) is 53.4 Å². The Kier molecular flexibility index (Phi) is 6.81. The summed E-state index contributed by atoms with van der Waals surface area (Å²) in [7, 11) is 0. The molecule has 2 aromatic carbocycles. The van der Waals surface area contributed by atoms with E-state index < -0.39 is 17.8 Å². The van der Waals surface area contributed by atoms with E-state index in [1.807, 2.05) is 6.07 Å². The molecule has 0 saturated heterocycles. The minimum absolute atomic E-state index is 0.00991. The number of carbonyl (C=O) groups is 3. The number of amides is 1. The number of aliphatic imine (C=N–C) groups is 1. The summed E-state index contributed by atoms with van der Waals surface area (Å²) in [6.07, 6.45) is 7.09. The summed E-state index contributed by atoms with van der Waals surface area (Å²) in [6, 6.07) is 10.1. The van der Waals surface area contributed by atoms with Gasteiger partial charge in [-0.15, -0.1) is 0 Å². The van der Waals surface area contributed by atoms with Crippen LogP contribution in [0.5, 0.6) is 0 Å². The predicted molar refractivity (Wildman–Crippen MR) is 117 cm³/mol. The number of carbonyl (C=O) groups excluding carboxylic acids is 1. The fourth-order valence-corrected chi connectivity index (χ4v) is 3.80. The molecule has 0 spiro atoms. The summed E-state index contributed by atoms with van der Waals surface area (Å²) in [5, 5.41) is 22.8. The maximum Gasteiger partial charge on any atom is 0.360 e. The van der Waals surface area contributed by atoms with Gasteiger partial charge < -0.3 is 15.5 Å². The lowest BCUT2D eigenvalue weighted by atomic mass is 9.98. The van der Waals surface area contributed by atoms with Crippen LogP contribution in [0.4, 0.5) is 0 Å². The lowest BCUT2D eigenvalue weighted by Crippen LogP contribution is -2.45. The second-order valence-corrected chi connectivity index (χ2v) is 7.67. The van der Waals surface area contributed by atoms with Crippen molar-refractivity contribution in [3.05, 3.63) is 59.5 Å². The van der Waals surface area contributed by atoms with Crippen molar-refractivity contribution in [2.45, 2.75) is 32.6 Å². The molecular weight excluding hydrogens is 398 g/mol. The minimum Gasteiger partial charge on any atom is -0.478 e. The van der Waals surface area contributed by atoms with E-state index in [-0.39, 0.29) is 28.0 Å². The monoisotopic (exact) mass is 424 g/mol. The number of unbranched alkanes of at least 4 members (excludes halogenated alkanes) is 3. The molecule has 31 heavy (non-hydrogen) atoms. The van der Waals surface area contributed by atoms with E-state index in [2.05, 4.69) is 17.2 Å². The zero-order valence-corrected chi connectivity index (χ0v) is 17.4. The molecule has 1 aliphatic rings. The van der Waals surface area contributed by atoms with Crippen LogP contribution < -0.4 is 5.32 Å². The lowest BCUT2D eigenvalue weighted by molar-refractivity contribution is -0.771. The summed E-state index contributed by atoms with van der Waals surface area (Å²) in [6.45, 7) is 2.48. The number of fused-ring (bicyclic) bond motifs is 1. The average molecular weight is 424 g/mol. The summed E-state index contributed by atoms with van der Waals surface area (Å²) in [5.74, 6) is -2.55. The van der Waals surface area contributed by atoms with Crippen molar-refractivity contribution in [3.63, 3.8) is 0 Å². The zero-order chi connectivity index (χ0) is 22.4. The van der Waals surface area contributed by atoms with Gasteiger partial charge in [-0.1, -0.05) is 50.1 Å². The van der Waals surface area contributed by atoms with E-state index in [0.29, 0.717) is 11.9 Å². The van der Waals surface area contributed by atoms with Crippen LogP contribution in [0.2, 0.25) is 0 Å². The van der Waals surface area contributed by atoms with Gasteiger partial charge in [0.2, 0.25) is 0 Å². The number of hydrogen-bond acceptors (Lipinski definition) is 4. The third-order valence-electron chi connectivity index (χ3n) is 5.29. The molecule has 0 fully saturated rings. The Bertz CT molecular complexity index is 1080. The summed E-state index contributed by atoms with van der Waals surface area (Å²) in [4.78, 5) is 40.4. The van der Waals surface area contributed by atoms with Crippen molar-refractivity contribution in [3.8, 4) is 0 Å². The minimum atomic E-state index is -1.20. The van der Waals surface area contributed by atoms with E-state index in [1.54, 1.807) is 30.5 Å². The van der Waals surface area contributed by atoms with Gasteiger partial charge in [0.15, 0.2) is 18.7 Å². The largest absolute Gasteiger partial charge is 0.478 e. The summed E-state index contributed by atoms with van der Waals surface area (Å²) < 4.78 is 0.00991. The van der Waals surface area contributed by atoms with Crippen LogP contribution in [0, 0.1) is 0 Å². The highest BCUT2D eigenvalue weighted by Gasteiger charge is 2.33. The molecule has 3 N–H and O–H groups in total. The highest BCUT2D eigenvalue weighted by molar-refractivity contribution is 6.14. The van der Waals surface area contributed by atoms with Gasteiger partial charge in [0.05, 0.1) is 17.7 Å². The number of aliphatic carboxylic acids is 1. The molecule has 162 valence electrons. The molecule has 1 aliphatic heterocycles. The highest BCUT2D eigenvalue weighted by Crippen LogP contribution is 2.24. The lowest BCUT2D eigenvalue weighted by Gasteiger charge is -2.25. The molecule has 0 saturated carbocycles. The Morgan fingerprint density at radius 3 is 2.52 bits per heavy atom. The number of quaternary nitrogens is 1. The quantitative estimate of drug-likeness (QED) is 0.398. The average Bonchev–Trinajstić information content (AvgIpc) is 3.11. The Balaban J connectivity index is 1.88. The third kappa shape index (κ3) is 5.16. The van der Waals surface area contributed by atoms with Gasteiger partial charge in [-0.05, 0) is 29.7 Å². The van der Waals surface area contributed by atoms with Crippen molar-refractivity contribution < 1.29 is 29.1 Å². The number of benzene rings is 2. The fourth-order valence-electron chi connectivity index (χ4n) is 3.80. The molecule has 0 bridgehead atoms. The zero-order valence-electron chi connectivity index (χ0n) is 17.4. The molecule has 0 aliphatic carbocycles. The second kappa shape index (κ2) is 9.53. The van der Waals surface area contributed by atoms with Crippen LogP contribution in [-0.2, 0) is 4.79 Å². The normalized spacial score (nSPS) is 17.5. The van der Waals surface area contributed by atoms with E-state index in [1.165, 1.54) is 12.4 Å².